The average molecular weight is 356 g/mol. The molecule has 1 saturated heterocycles. The number of carbonyl (C=O) groups excluding carboxylic acids is 1. The van der Waals surface area contributed by atoms with Crippen LogP contribution < -0.4 is 0 Å². The van der Waals surface area contributed by atoms with Crippen LogP contribution >= 0.6 is 0 Å². The molecule has 0 bridgehead atoms. The first kappa shape index (κ1) is 21.2. The summed E-state index contributed by atoms with van der Waals surface area (Å²) in [5, 5.41) is 0.171. The van der Waals surface area contributed by atoms with Crippen LogP contribution in [0.4, 0.5) is 4.79 Å². The molecule has 1 amide bonds. The summed E-state index contributed by atoms with van der Waals surface area (Å²) in [5.74, 6) is 0. The van der Waals surface area contributed by atoms with Gasteiger partial charge in [0.05, 0.1) is 12.1 Å². The average Bonchev–Trinajstić information content (AvgIpc) is 2.37. The summed E-state index contributed by atoms with van der Waals surface area (Å²) in [6.45, 7) is 19.6. The standard InChI is InChI=1S/C19H37NO3Si/c1-10-11-15-12-13-16(23-24(8,9)19(5,6)7)14-20(15)17(21)22-18(2,3)4/h10-11,15-16H,12-14H2,1-9H3/t15-,16-/m0/s1. The minimum absolute atomic E-state index is 0.0971. The molecule has 0 spiro atoms. The lowest BCUT2D eigenvalue weighted by molar-refractivity contribution is -0.00353. The highest BCUT2D eigenvalue weighted by atomic mass is 28.4. The summed E-state index contributed by atoms with van der Waals surface area (Å²) in [7, 11) is -1.84. The molecule has 5 heteroatoms. The molecule has 1 fully saturated rings. The molecular weight excluding hydrogens is 318 g/mol. The van der Waals surface area contributed by atoms with Crippen molar-refractivity contribution >= 4 is 14.4 Å². The van der Waals surface area contributed by atoms with E-state index in [9.17, 15) is 4.79 Å². The van der Waals surface area contributed by atoms with Crippen LogP contribution in [0.25, 0.3) is 0 Å². The van der Waals surface area contributed by atoms with Gasteiger partial charge in [0.25, 0.3) is 0 Å². The first-order valence-electron chi connectivity index (χ1n) is 9.07. The predicted molar refractivity (Wildman–Crippen MR) is 103 cm³/mol. The van der Waals surface area contributed by atoms with Gasteiger partial charge in [-0.2, -0.15) is 0 Å². The molecule has 0 unspecified atom stereocenters. The van der Waals surface area contributed by atoms with Crippen LogP contribution in [0.3, 0.4) is 0 Å². The number of carbonyl (C=O) groups is 1. The second-order valence-corrected chi connectivity index (χ2v) is 14.1. The van der Waals surface area contributed by atoms with Crippen molar-refractivity contribution < 1.29 is 14.0 Å². The third kappa shape index (κ3) is 5.92. The van der Waals surface area contributed by atoms with Gasteiger partial charge >= 0.3 is 6.09 Å². The van der Waals surface area contributed by atoms with E-state index >= 15 is 0 Å². The fourth-order valence-corrected chi connectivity index (χ4v) is 3.98. The normalized spacial score (nSPS) is 23.6. The molecular formula is C19H37NO3Si. The maximum absolute atomic E-state index is 12.6. The topological polar surface area (TPSA) is 38.8 Å². The molecule has 2 atom stereocenters. The molecule has 1 aliphatic heterocycles. The predicted octanol–water partition coefficient (Wildman–Crippen LogP) is 5.35. The summed E-state index contributed by atoms with van der Waals surface area (Å²) in [6.07, 6.45) is 5.86. The van der Waals surface area contributed by atoms with Gasteiger partial charge in [0, 0.05) is 6.54 Å². The molecule has 4 nitrogen and oxygen atoms in total. The minimum atomic E-state index is -1.84. The highest BCUT2D eigenvalue weighted by Gasteiger charge is 2.41. The fourth-order valence-electron chi connectivity index (χ4n) is 2.60. The summed E-state index contributed by atoms with van der Waals surface area (Å²) in [6, 6.07) is 0.101. The third-order valence-electron chi connectivity index (χ3n) is 4.90. The number of hydrogen-bond donors (Lipinski definition) is 0. The molecule has 0 saturated carbocycles. The summed E-state index contributed by atoms with van der Waals surface area (Å²) >= 11 is 0. The number of likely N-dealkylation sites (tertiary alicyclic amines) is 1. The Morgan fingerprint density at radius 1 is 1.12 bits per heavy atom. The maximum atomic E-state index is 12.6. The van der Waals surface area contributed by atoms with Crippen molar-refractivity contribution in [3.05, 3.63) is 12.2 Å². The molecule has 1 aliphatic rings. The molecule has 0 aliphatic carbocycles. The van der Waals surface area contributed by atoms with E-state index in [4.69, 9.17) is 9.16 Å². The zero-order chi connectivity index (χ0) is 18.8. The zero-order valence-electron chi connectivity index (χ0n) is 17.1. The molecule has 24 heavy (non-hydrogen) atoms. The quantitative estimate of drug-likeness (QED) is 0.506. The van der Waals surface area contributed by atoms with Crippen molar-refractivity contribution in [1.29, 1.82) is 0 Å². The maximum Gasteiger partial charge on any atom is 0.410 e. The first-order valence-corrected chi connectivity index (χ1v) is 12.0. The monoisotopic (exact) mass is 355 g/mol. The van der Waals surface area contributed by atoms with Crippen LogP contribution in [0, 0.1) is 0 Å². The fraction of sp³-hybridized carbons (Fsp3) is 0.842. The largest absolute Gasteiger partial charge is 0.444 e. The summed E-state index contributed by atoms with van der Waals surface area (Å²) in [5.41, 5.74) is -0.481. The summed E-state index contributed by atoms with van der Waals surface area (Å²) in [4.78, 5) is 14.5. The second kappa shape index (κ2) is 7.61. The molecule has 0 aromatic heterocycles. The van der Waals surface area contributed by atoms with Gasteiger partial charge in [0.1, 0.15) is 5.60 Å². The number of hydrogen-bond acceptors (Lipinski definition) is 3. The smallest absolute Gasteiger partial charge is 0.410 e. The third-order valence-corrected chi connectivity index (χ3v) is 9.43. The van der Waals surface area contributed by atoms with Crippen LogP contribution in [-0.4, -0.2) is 43.6 Å². The van der Waals surface area contributed by atoms with Crippen LogP contribution in [0.1, 0.15) is 61.3 Å². The number of ether oxygens (including phenoxy) is 1. The lowest BCUT2D eigenvalue weighted by Gasteiger charge is -2.44. The molecule has 0 aromatic carbocycles. The van der Waals surface area contributed by atoms with Crippen molar-refractivity contribution in [2.24, 2.45) is 0 Å². The number of allylic oxidation sites excluding steroid dienone is 1. The Morgan fingerprint density at radius 2 is 1.71 bits per heavy atom. The summed E-state index contributed by atoms with van der Waals surface area (Å²) < 4.78 is 12.2. The van der Waals surface area contributed by atoms with Crippen molar-refractivity contribution in [1.82, 2.24) is 4.90 Å². The van der Waals surface area contributed by atoms with Gasteiger partial charge in [-0.1, -0.05) is 32.9 Å². The van der Waals surface area contributed by atoms with Gasteiger partial charge in [-0.15, -0.1) is 0 Å². The zero-order valence-corrected chi connectivity index (χ0v) is 18.1. The van der Waals surface area contributed by atoms with E-state index in [-0.39, 0.29) is 23.3 Å². The van der Waals surface area contributed by atoms with Gasteiger partial charge in [0.2, 0.25) is 0 Å². The van der Waals surface area contributed by atoms with Crippen LogP contribution in [0.2, 0.25) is 18.1 Å². The van der Waals surface area contributed by atoms with E-state index in [2.05, 4.69) is 39.9 Å². The second-order valence-electron chi connectivity index (χ2n) is 9.30. The first-order chi connectivity index (χ1) is 10.8. The SMILES string of the molecule is CC=C[C@H]1CC[C@H](O[Si](C)(C)C(C)(C)C)CN1C(=O)OC(C)(C)C. The van der Waals surface area contributed by atoms with Crippen molar-refractivity contribution in [3.63, 3.8) is 0 Å². The van der Waals surface area contributed by atoms with Crippen LogP contribution in [0.5, 0.6) is 0 Å². The lowest BCUT2D eigenvalue weighted by atomic mass is 10.0. The molecule has 140 valence electrons. The van der Waals surface area contributed by atoms with Gasteiger partial charge in [-0.05, 0) is 58.7 Å². The Balaban J connectivity index is 2.87. The van der Waals surface area contributed by atoms with Crippen molar-refractivity contribution in [2.75, 3.05) is 6.54 Å². The van der Waals surface area contributed by atoms with Crippen LogP contribution in [0.15, 0.2) is 12.2 Å². The van der Waals surface area contributed by atoms with Gasteiger partial charge in [-0.25, -0.2) is 4.79 Å². The highest BCUT2D eigenvalue weighted by molar-refractivity contribution is 6.74. The number of piperidine rings is 1. The molecule has 1 rings (SSSR count). The van der Waals surface area contributed by atoms with E-state index in [1.54, 1.807) is 0 Å². The Hall–Kier alpha value is -0.813. The number of amides is 1. The lowest BCUT2D eigenvalue weighted by Crippen LogP contribution is -2.53. The number of rotatable bonds is 3. The number of nitrogens with zero attached hydrogens (tertiary/aromatic N) is 1. The van der Waals surface area contributed by atoms with Gasteiger partial charge < -0.3 is 9.16 Å². The van der Waals surface area contributed by atoms with E-state index in [0.717, 1.165) is 12.8 Å². The molecule has 0 radical (unpaired) electrons. The molecule has 0 aromatic rings. The van der Waals surface area contributed by atoms with E-state index in [1.165, 1.54) is 0 Å². The molecule has 0 N–H and O–H groups in total. The van der Waals surface area contributed by atoms with Crippen molar-refractivity contribution in [3.8, 4) is 0 Å². The molecule has 1 heterocycles. The Bertz CT molecular complexity index is 460. The van der Waals surface area contributed by atoms with Crippen LogP contribution in [-0.2, 0) is 9.16 Å². The Kier molecular flexibility index (Phi) is 6.73. The van der Waals surface area contributed by atoms with Gasteiger partial charge in [-0.3, -0.25) is 4.90 Å². The van der Waals surface area contributed by atoms with Gasteiger partial charge in [0.15, 0.2) is 8.32 Å². The van der Waals surface area contributed by atoms with E-state index in [0.29, 0.717) is 6.54 Å². The highest BCUT2D eigenvalue weighted by Crippen LogP contribution is 2.38. The Morgan fingerprint density at radius 3 is 2.17 bits per heavy atom. The van der Waals surface area contributed by atoms with Crippen molar-refractivity contribution in [2.45, 2.75) is 97.2 Å². The van der Waals surface area contributed by atoms with E-state index < -0.39 is 13.9 Å². The van der Waals surface area contributed by atoms with E-state index in [1.807, 2.05) is 38.7 Å². The minimum Gasteiger partial charge on any atom is -0.444 e. The Labute approximate surface area is 149 Å².